The predicted octanol–water partition coefficient (Wildman–Crippen LogP) is 2.24. The third-order valence-electron chi connectivity index (χ3n) is 5.97. The molecule has 0 atom stereocenters. The summed E-state index contributed by atoms with van der Waals surface area (Å²) >= 11 is 0. The topological polar surface area (TPSA) is 62.7 Å². The van der Waals surface area contributed by atoms with Crippen molar-refractivity contribution in [2.45, 2.75) is 24.8 Å². The second-order valence-electron chi connectivity index (χ2n) is 7.66. The summed E-state index contributed by atoms with van der Waals surface area (Å²) in [6.07, 6.45) is 5.21. The first kappa shape index (κ1) is 18.6. The number of ether oxygens (including phenoxy) is 1. The van der Waals surface area contributed by atoms with E-state index in [-0.39, 0.29) is 23.8 Å². The van der Waals surface area contributed by atoms with Crippen molar-refractivity contribution in [2.75, 3.05) is 33.4 Å². The van der Waals surface area contributed by atoms with E-state index in [0.717, 1.165) is 29.5 Å². The van der Waals surface area contributed by atoms with E-state index in [1.807, 2.05) is 40.1 Å². The fourth-order valence-corrected chi connectivity index (χ4v) is 4.49. The molecule has 6 heteroatoms. The first-order chi connectivity index (χ1) is 13.6. The maximum Gasteiger partial charge on any atom is 0.254 e. The number of pyridine rings is 1. The van der Waals surface area contributed by atoms with Crippen LogP contribution in [-0.4, -0.2) is 59.9 Å². The van der Waals surface area contributed by atoms with E-state index >= 15 is 0 Å². The van der Waals surface area contributed by atoms with Crippen LogP contribution < -0.4 is 0 Å². The Morgan fingerprint density at radius 1 is 1.14 bits per heavy atom. The Hall–Kier alpha value is -2.73. The van der Waals surface area contributed by atoms with Crippen LogP contribution in [0.3, 0.4) is 0 Å². The van der Waals surface area contributed by atoms with Gasteiger partial charge in [0.1, 0.15) is 6.61 Å². The molecule has 6 nitrogen and oxygen atoms in total. The van der Waals surface area contributed by atoms with Crippen molar-refractivity contribution in [1.82, 2.24) is 14.8 Å². The molecule has 0 saturated carbocycles. The quantitative estimate of drug-likeness (QED) is 0.817. The van der Waals surface area contributed by atoms with Crippen molar-refractivity contribution in [3.63, 3.8) is 0 Å². The van der Waals surface area contributed by atoms with Crippen LogP contribution in [0.2, 0.25) is 0 Å². The molecule has 2 aliphatic heterocycles. The Morgan fingerprint density at radius 2 is 1.86 bits per heavy atom. The van der Waals surface area contributed by atoms with E-state index < -0.39 is 0 Å². The van der Waals surface area contributed by atoms with Crippen LogP contribution >= 0.6 is 0 Å². The molecule has 3 heterocycles. The van der Waals surface area contributed by atoms with E-state index in [2.05, 4.69) is 11.1 Å². The van der Waals surface area contributed by atoms with Crippen LogP contribution in [-0.2, 0) is 21.5 Å². The lowest BCUT2D eigenvalue weighted by Gasteiger charge is -2.48. The van der Waals surface area contributed by atoms with E-state index in [9.17, 15) is 9.59 Å². The first-order valence-corrected chi connectivity index (χ1v) is 9.67. The number of fused-ring (bicyclic) bond motifs is 2. The molecule has 1 fully saturated rings. The molecule has 0 aliphatic carbocycles. The number of rotatable bonds is 4. The summed E-state index contributed by atoms with van der Waals surface area (Å²) in [6.45, 7) is 2.75. The fraction of sp³-hybridized carbons (Fsp3) is 0.409. The molecule has 28 heavy (non-hydrogen) atoms. The number of hydrogen-bond donors (Lipinski definition) is 0. The molecule has 2 aliphatic rings. The van der Waals surface area contributed by atoms with Gasteiger partial charge < -0.3 is 14.5 Å². The van der Waals surface area contributed by atoms with Crippen LogP contribution in [0.15, 0.2) is 48.8 Å². The number of amides is 2. The lowest BCUT2D eigenvalue weighted by molar-refractivity contribution is -0.136. The van der Waals surface area contributed by atoms with Crippen molar-refractivity contribution in [2.24, 2.45) is 0 Å². The molecule has 1 spiro atoms. The standard InChI is InChI=1S/C22H25N3O3/c1-28-15-20(26)24-12-8-22(9-13-24)16-25(14-17-6-10-23-11-7-17)21(27)18-4-2-3-5-19(18)22/h2-7,10-11H,8-9,12-16H2,1H3. The number of nitrogens with zero attached hydrogens (tertiary/aromatic N) is 3. The average molecular weight is 379 g/mol. The van der Waals surface area contributed by atoms with E-state index in [0.29, 0.717) is 26.2 Å². The third-order valence-corrected chi connectivity index (χ3v) is 5.97. The number of carbonyl (C=O) groups is 2. The van der Waals surface area contributed by atoms with Crippen molar-refractivity contribution >= 4 is 11.8 Å². The number of likely N-dealkylation sites (tertiary alicyclic amines) is 1. The lowest BCUT2D eigenvalue weighted by Crippen LogP contribution is -2.55. The van der Waals surface area contributed by atoms with Gasteiger partial charge in [-0.1, -0.05) is 18.2 Å². The van der Waals surface area contributed by atoms with Gasteiger partial charge in [0.25, 0.3) is 5.91 Å². The van der Waals surface area contributed by atoms with Crippen molar-refractivity contribution < 1.29 is 14.3 Å². The zero-order chi connectivity index (χ0) is 19.6. The van der Waals surface area contributed by atoms with Gasteiger partial charge >= 0.3 is 0 Å². The summed E-state index contributed by atoms with van der Waals surface area (Å²) in [6, 6.07) is 11.9. The molecule has 0 unspecified atom stereocenters. The van der Waals surface area contributed by atoms with Crippen molar-refractivity contribution in [3.8, 4) is 0 Å². The molecule has 1 saturated heterocycles. The lowest BCUT2D eigenvalue weighted by atomic mass is 9.68. The van der Waals surface area contributed by atoms with Crippen LogP contribution in [0.1, 0.15) is 34.3 Å². The molecule has 0 bridgehead atoms. The second-order valence-corrected chi connectivity index (χ2v) is 7.66. The summed E-state index contributed by atoms with van der Waals surface area (Å²) in [5.41, 5.74) is 2.89. The fourth-order valence-electron chi connectivity index (χ4n) is 4.49. The van der Waals surface area contributed by atoms with Gasteiger partial charge in [-0.3, -0.25) is 14.6 Å². The van der Waals surface area contributed by atoms with Crippen LogP contribution in [0.5, 0.6) is 0 Å². The van der Waals surface area contributed by atoms with Gasteiger partial charge in [0, 0.05) is 56.7 Å². The zero-order valence-electron chi connectivity index (χ0n) is 16.1. The minimum atomic E-state index is -0.110. The Balaban J connectivity index is 1.61. The molecule has 2 aromatic rings. The summed E-state index contributed by atoms with van der Waals surface area (Å²) in [5, 5.41) is 0. The third kappa shape index (κ3) is 3.40. The first-order valence-electron chi connectivity index (χ1n) is 9.67. The smallest absolute Gasteiger partial charge is 0.254 e. The number of benzene rings is 1. The monoisotopic (exact) mass is 379 g/mol. The summed E-state index contributed by atoms with van der Waals surface area (Å²) in [4.78, 5) is 33.2. The van der Waals surface area contributed by atoms with E-state index in [1.54, 1.807) is 19.5 Å². The van der Waals surface area contributed by atoms with Crippen molar-refractivity contribution in [1.29, 1.82) is 0 Å². The van der Waals surface area contributed by atoms with Gasteiger partial charge in [-0.2, -0.15) is 0 Å². The molecule has 0 N–H and O–H groups in total. The van der Waals surface area contributed by atoms with Gasteiger partial charge in [-0.15, -0.1) is 0 Å². The summed E-state index contributed by atoms with van der Waals surface area (Å²) < 4.78 is 5.00. The minimum absolute atomic E-state index is 0.0335. The van der Waals surface area contributed by atoms with Crippen LogP contribution in [0.25, 0.3) is 0 Å². The zero-order valence-corrected chi connectivity index (χ0v) is 16.1. The highest BCUT2D eigenvalue weighted by molar-refractivity contribution is 5.97. The normalized spacial score (nSPS) is 18.2. The summed E-state index contributed by atoms with van der Waals surface area (Å²) in [5.74, 6) is 0.113. The number of methoxy groups -OCH3 is 1. The molecule has 0 radical (unpaired) electrons. The second kappa shape index (κ2) is 7.72. The van der Waals surface area contributed by atoms with Crippen LogP contribution in [0, 0.1) is 0 Å². The highest BCUT2D eigenvalue weighted by Crippen LogP contribution is 2.42. The Labute approximate surface area is 165 Å². The summed E-state index contributed by atoms with van der Waals surface area (Å²) in [7, 11) is 1.54. The molecule has 1 aromatic heterocycles. The highest BCUT2D eigenvalue weighted by Gasteiger charge is 2.45. The minimum Gasteiger partial charge on any atom is -0.375 e. The SMILES string of the molecule is COCC(=O)N1CCC2(CC1)CN(Cc1ccncc1)C(=O)c1ccccc12. The van der Waals surface area contributed by atoms with Gasteiger partial charge in [-0.05, 0) is 42.2 Å². The van der Waals surface area contributed by atoms with E-state index in [1.165, 1.54) is 0 Å². The predicted molar refractivity (Wildman–Crippen MR) is 105 cm³/mol. The molecular weight excluding hydrogens is 354 g/mol. The Bertz CT molecular complexity index is 860. The maximum atomic E-state index is 13.1. The van der Waals surface area contributed by atoms with Gasteiger partial charge in [0.05, 0.1) is 0 Å². The maximum absolute atomic E-state index is 13.1. The Morgan fingerprint density at radius 3 is 2.57 bits per heavy atom. The number of piperidine rings is 1. The van der Waals surface area contributed by atoms with Gasteiger partial charge in [0.2, 0.25) is 5.91 Å². The molecule has 4 rings (SSSR count). The molecule has 2 amide bonds. The average Bonchev–Trinajstić information content (AvgIpc) is 2.73. The molecule has 1 aromatic carbocycles. The molecular formula is C22H25N3O3. The van der Waals surface area contributed by atoms with Gasteiger partial charge in [0.15, 0.2) is 0 Å². The number of carbonyl (C=O) groups excluding carboxylic acids is 2. The van der Waals surface area contributed by atoms with Gasteiger partial charge in [-0.25, -0.2) is 0 Å². The van der Waals surface area contributed by atoms with Crippen LogP contribution in [0.4, 0.5) is 0 Å². The van der Waals surface area contributed by atoms with E-state index in [4.69, 9.17) is 4.74 Å². The highest BCUT2D eigenvalue weighted by atomic mass is 16.5. The molecule has 146 valence electrons. The van der Waals surface area contributed by atoms with Crippen molar-refractivity contribution in [3.05, 3.63) is 65.5 Å². The number of aromatic nitrogens is 1. The number of hydrogen-bond acceptors (Lipinski definition) is 4. The Kier molecular flexibility index (Phi) is 5.13. The largest absolute Gasteiger partial charge is 0.375 e.